The minimum absolute atomic E-state index is 0.0286. The summed E-state index contributed by atoms with van der Waals surface area (Å²) in [6.07, 6.45) is 2.77. The molecule has 4 heteroatoms. The highest BCUT2D eigenvalue weighted by molar-refractivity contribution is 5.94. The third kappa shape index (κ3) is 1.26. The lowest BCUT2D eigenvalue weighted by atomic mass is 10.1. The first-order valence-corrected chi connectivity index (χ1v) is 4.07. The molecule has 0 fully saturated rings. The predicted molar refractivity (Wildman–Crippen MR) is 52.8 cm³/mol. The van der Waals surface area contributed by atoms with Gasteiger partial charge in [-0.1, -0.05) is 17.3 Å². The van der Waals surface area contributed by atoms with E-state index < -0.39 is 0 Å². The lowest BCUT2D eigenvalue weighted by molar-refractivity contribution is 0.321. The summed E-state index contributed by atoms with van der Waals surface area (Å²) in [6, 6.07) is 7.11. The van der Waals surface area contributed by atoms with Crippen LogP contribution >= 0.6 is 0 Å². The van der Waals surface area contributed by atoms with Crippen molar-refractivity contribution >= 4 is 17.1 Å². The molecular weight excluding hydrogens is 180 g/mol. The molecule has 1 aromatic heterocycles. The molecule has 1 heterocycles. The summed E-state index contributed by atoms with van der Waals surface area (Å²) in [4.78, 5) is 4.03. The minimum atomic E-state index is 0.0286. The second-order valence-electron chi connectivity index (χ2n) is 2.82. The van der Waals surface area contributed by atoms with Crippen molar-refractivity contribution in [1.29, 1.82) is 0 Å². The van der Waals surface area contributed by atoms with E-state index in [1.807, 2.05) is 6.07 Å². The molecule has 0 aliphatic rings. The van der Waals surface area contributed by atoms with Crippen LogP contribution in [0, 0.1) is 0 Å². The van der Waals surface area contributed by atoms with Gasteiger partial charge < -0.3 is 10.3 Å². The normalized spacial score (nSPS) is 11.1. The van der Waals surface area contributed by atoms with Gasteiger partial charge in [0.15, 0.2) is 5.75 Å². The Morgan fingerprint density at radius 2 is 2.14 bits per heavy atom. The summed E-state index contributed by atoms with van der Waals surface area (Å²) < 4.78 is 0. The van der Waals surface area contributed by atoms with Crippen molar-refractivity contribution in [2.45, 2.75) is 0 Å². The van der Waals surface area contributed by atoms with Gasteiger partial charge in [0.2, 0.25) is 0 Å². The standard InChI is InChI=1S/C10H8N2O2/c13-10-8(6-12-14)4-3-7-2-1-5-11-9(7)10/h1-6,13-14H/b12-6+. The number of hydrogen-bond acceptors (Lipinski definition) is 4. The van der Waals surface area contributed by atoms with Gasteiger partial charge >= 0.3 is 0 Å². The molecule has 0 aliphatic carbocycles. The van der Waals surface area contributed by atoms with E-state index in [2.05, 4.69) is 10.1 Å². The van der Waals surface area contributed by atoms with Crippen molar-refractivity contribution in [3.63, 3.8) is 0 Å². The van der Waals surface area contributed by atoms with Crippen LogP contribution in [-0.2, 0) is 0 Å². The van der Waals surface area contributed by atoms with Crippen LogP contribution in [0.3, 0.4) is 0 Å². The summed E-state index contributed by atoms with van der Waals surface area (Å²) >= 11 is 0. The van der Waals surface area contributed by atoms with Crippen molar-refractivity contribution in [2.75, 3.05) is 0 Å². The zero-order valence-electron chi connectivity index (χ0n) is 7.25. The van der Waals surface area contributed by atoms with Crippen molar-refractivity contribution in [1.82, 2.24) is 4.98 Å². The van der Waals surface area contributed by atoms with Crippen molar-refractivity contribution in [2.24, 2.45) is 5.16 Å². The number of hydrogen-bond donors (Lipinski definition) is 2. The molecule has 0 saturated carbocycles. The van der Waals surface area contributed by atoms with E-state index in [1.165, 1.54) is 6.21 Å². The van der Waals surface area contributed by atoms with Crippen LogP contribution in [0.5, 0.6) is 5.75 Å². The van der Waals surface area contributed by atoms with Crippen LogP contribution < -0.4 is 0 Å². The molecule has 0 spiro atoms. The fourth-order valence-electron chi connectivity index (χ4n) is 1.31. The van der Waals surface area contributed by atoms with Crippen LogP contribution in [0.25, 0.3) is 10.9 Å². The minimum Gasteiger partial charge on any atom is -0.505 e. The maximum Gasteiger partial charge on any atom is 0.150 e. The van der Waals surface area contributed by atoms with E-state index in [0.717, 1.165) is 5.39 Å². The molecular formula is C10H8N2O2. The van der Waals surface area contributed by atoms with Gasteiger partial charge in [-0.15, -0.1) is 0 Å². The molecule has 1 aromatic carbocycles. The van der Waals surface area contributed by atoms with Crippen molar-refractivity contribution in [3.05, 3.63) is 36.0 Å². The lowest BCUT2D eigenvalue weighted by Gasteiger charge is -2.01. The zero-order valence-corrected chi connectivity index (χ0v) is 7.25. The van der Waals surface area contributed by atoms with Gasteiger partial charge in [-0.3, -0.25) is 4.98 Å². The molecule has 2 rings (SSSR count). The second kappa shape index (κ2) is 3.33. The van der Waals surface area contributed by atoms with Crippen LogP contribution in [0.15, 0.2) is 35.6 Å². The van der Waals surface area contributed by atoms with E-state index in [1.54, 1.807) is 24.4 Å². The van der Waals surface area contributed by atoms with E-state index in [9.17, 15) is 5.11 Å². The summed E-state index contributed by atoms with van der Waals surface area (Å²) in [5, 5.41) is 21.8. The average Bonchev–Trinajstić information content (AvgIpc) is 2.23. The Bertz CT molecular complexity index is 494. The Morgan fingerprint density at radius 1 is 1.29 bits per heavy atom. The molecule has 0 aliphatic heterocycles. The number of fused-ring (bicyclic) bond motifs is 1. The van der Waals surface area contributed by atoms with Crippen LogP contribution in [0.4, 0.5) is 0 Å². The first-order chi connectivity index (χ1) is 6.83. The molecule has 0 atom stereocenters. The molecule has 0 saturated heterocycles. The molecule has 14 heavy (non-hydrogen) atoms. The molecule has 2 aromatic rings. The van der Waals surface area contributed by atoms with Crippen LogP contribution in [0.2, 0.25) is 0 Å². The third-order valence-corrected chi connectivity index (χ3v) is 1.98. The quantitative estimate of drug-likeness (QED) is 0.407. The first-order valence-electron chi connectivity index (χ1n) is 4.07. The molecule has 0 amide bonds. The Labute approximate surface area is 80.1 Å². The highest BCUT2D eigenvalue weighted by Crippen LogP contribution is 2.25. The maximum absolute atomic E-state index is 9.72. The van der Waals surface area contributed by atoms with Gasteiger partial charge in [0.1, 0.15) is 5.52 Å². The van der Waals surface area contributed by atoms with Gasteiger partial charge in [0.05, 0.1) is 6.21 Å². The number of phenols is 1. The Kier molecular flexibility index (Phi) is 2.02. The maximum atomic E-state index is 9.72. The third-order valence-electron chi connectivity index (χ3n) is 1.98. The van der Waals surface area contributed by atoms with Gasteiger partial charge in [-0.2, -0.15) is 0 Å². The number of phenolic OH excluding ortho intramolecular Hbond substituents is 1. The smallest absolute Gasteiger partial charge is 0.150 e. The Hall–Kier alpha value is -2.10. The van der Waals surface area contributed by atoms with Crippen LogP contribution in [0.1, 0.15) is 5.56 Å². The SMILES string of the molecule is O/N=C/c1ccc2cccnc2c1O. The number of aromatic nitrogens is 1. The number of nitrogens with zero attached hydrogens (tertiary/aromatic N) is 2. The van der Waals surface area contributed by atoms with E-state index in [4.69, 9.17) is 5.21 Å². The molecule has 0 unspecified atom stereocenters. The molecule has 0 radical (unpaired) electrons. The van der Waals surface area contributed by atoms with Crippen molar-refractivity contribution in [3.8, 4) is 5.75 Å². The lowest BCUT2D eigenvalue weighted by Crippen LogP contribution is -1.86. The van der Waals surface area contributed by atoms with Gasteiger partial charge in [-0.25, -0.2) is 0 Å². The number of rotatable bonds is 1. The molecule has 0 bridgehead atoms. The van der Waals surface area contributed by atoms with Crippen LogP contribution in [-0.4, -0.2) is 21.5 Å². The fourth-order valence-corrected chi connectivity index (χ4v) is 1.31. The van der Waals surface area contributed by atoms with E-state index in [0.29, 0.717) is 11.1 Å². The monoisotopic (exact) mass is 188 g/mol. The fraction of sp³-hybridized carbons (Fsp3) is 0. The zero-order chi connectivity index (χ0) is 9.97. The summed E-state index contributed by atoms with van der Waals surface area (Å²) in [6.45, 7) is 0. The average molecular weight is 188 g/mol. The van der Waals surface area contributed by atoms with Gasteiger partial charge in [-0.05, 0) is 12.1 Å². The topological polar surface area (TPSA) is 65.7 Å². The number of benzene rings is 1. The first kappa shape index (κ1) is 8.50. The van der Waals surface area contributed by atoms with Gasteiger partial charge in [0, 0.05) is 17.1 Å². The summed E-state index contributed by atoms with van der Waals surface area (Å²) in [7, 11) is 0. The predicted octanol–water partition coefficient (Wildman–Crippen LogP) is 1.75. The highest BCUT2D eigenvalue weighted by Gasteiger charge is 2.04. The highest BCUT2D eigenvalue weighted by atomic mass is 16.4. The molecule has 4 nitrogen and oxygen atoms in total. The largest absolute Gasteiger partial charge is 0.505 e. The summed E-state index contributed by atoms with van der Waals surface area (Å²) in [5.41, 5.74) is 0.948. The van der Waals surface area contributed by atoms with Crippen molar-refractivity contribution < 1.29 is 10.3 Å². The number of pyridine rings is 1. The number of aromatic hydroxyl groups is 1. The summed E-state index contributed by atoms with van der Waals surface area (Å²) in [5.74, 6) is 0.0286. The molecule has 70 valence electrons. The van der Waals surface area contributed by atoms with E-state index >= 15 is 0 Å². The van der Waals surface area contributed by atoms with E-state index in [-0.39, 0.29) is 5.75 Å². The Balaban J connectivity index is 2.75. The Morgan fingerprint density at radius 3 is 2.93 bits per heavy atom. The molecule has 2 N–H and O–H groups in total. The number of oxime groups is 1. The second-order valence-corrected chi connectivity index (χ2v) is 2.82. The van der Waals surface area contributed by atoms with Gasteiger partial charge in [0.25, 0.3) is 0 Å².